The number of hydrogen-bond donors (Lipinski definition) is 2. The fourth-order valence-electron chi connectivity index (χ4n) is 7.87. The van der Waals surface area contributed by atoms with Crippen LogP contribution in [0.1, 0.15) is 55.0 Å². The summed E-state index contributed by atoms with van der Waals surface area (Å²) in [7, 11) is 3.10. The predicted octanol–water partition coefficient (Wildman–Crippen LogP) is 7.40. The van der Waals surface area contributed by atoms with Gasteiger partial charge in [-0.05, 0) is 49.4 Å². The number of alkyl halides is 2. The lowest BCUT2D eigenvalue weighted by Gasteiger charge is -2.28. The zero-order valence-electron chi connectivity index (χ0n) is 27.8. The van der Waals surface area contributed by atoms with Crippen molar-refractivity contribution in [2.75, 3.05) is 25.5 Å². The second kappa shape index (κ2) is 12.8. The minimum atomic E-state index is -2.87. The molecule has 10 nitrogen and oxygen atoms in total. The molecule has 0 saturated carbocycles. The Labute approximate surface area is 301 Å². The number of fused-ring (bicyclic) bond motifs is 2. The summed E-state index contributed by atoms with van der Waals surface area (Å²) in [6.07, 6.45) is 2.64. The Kier molecular flexibility index (Phi) is 8.43. The zero-order valence-corrected chi connectivity index (χ0v) is 29.3. The van der Waals surface area contributed by atoms with Crippen molar-refractivity contribution in [2.45, 2.75) is 50.1 Å². The van der Waals surface area contributed by atoms with Gasteiger partial charge in [-0.1, -0.05) is 53.5 Å². The molecule has 8 rings (SSSR count). The zero-order chi connectivity index (χ0) is 35.6. The van der Waals surface area contributed by atoms with Gasteiger partial charge in [-0.2, -0.15) is 5.10 Å². The molecule has 1 spiro atoms. The monoisotopic (exact) mass is 731 g/mol. The van der Waals surface area contributed by atoms with Gasteiger partial charge < -0.3 is 15.4 Å². The standard InChI is InChI=1S/C37H33Cl2F2N7O3/c1-47-36(50)30-20(17-42-47)16-26(33(40)41)44-34(30)43-24-8-4-6-22(32(24)39)21-5-3-7-23(31(21)38)25-15-19-9-10-27(29(19)35(45-25)51-2)48-14-13-37(18-48)12-11-28(49)46-37/h3-8,15-17,27,33H,9-14,18H2,1-2H3,(H,43,44)(H,46,49). The van der Waals surface area contributed by atoms with E-state index in [1.54, 1.807) is 25.3 Å². The van der Waals surface area contributed by atoms with Crippen molar-refractivity contribution in [3.8, 4) is 28.3 Å². The minimum absolute atomic E-state index is 0.0606. The largest absolute Gasteiger partial charge is 0.481 e. The number of anilines is 2. The Hall–Kier alpha value is -4.65. The SMILES string of the molecule is COc1nc(-c2cccc(-c3cccc(Nc4nc(C(F)F)cc5cnn(C)c(=O)c45)c3Cl)c2Cl)cc2c1C(N1CCC3(CCC(=O)N3)C1)CC2. The highest BCUT2D eigenvalue weighted by Gasteiger charge is 2.46. The highest BCUT2D eigenvalue weighted by atomic mass is 35.5. The molecular weight excluding hydrogens is 699 g/mol. The first-order valence-corrected chi connectivity index (χ1v) is 17.4. The summed E-state index contributed by atoms with van der Waals surface area (Å²) in [5.74, 6) is 0.625. The number of rotatable bonds is 7. The topological polar surface area (TPSA) is 114 Å². The summed E-state index contributed by atoms with van der Waals surface area (Å²) in [6, 6.07) is 14.2. The third kappa shape index (κ3) is 5.79. The van der Waals surface area contributed by atoms with E-state index in [1.165, 1.54) is 13.2 Å². The number of carbonyl (C=O) groups is 1. The van der Waals surface area contributed by atoms with Crippen LogP contribution in [0, 0.1) is 0 Å². The molecule has 2 atom stereocenters. The van der Waals surface area contributed by atoms with Crippen LogP contribution in [0.15, 0.2) is 59.5 Å². The lowest BCUT2D eigenvalue weighted by atomic mass is 9.97. The second-order valence-corrected chi connectivity index (χ2v) is 14.1. The number of halogens is 4. The number of amides is 1. The third-order valence-electron chi connectivity index (χ3n) is 10.4. The average Bonchev–Trinajstić information content (AvgIpc) is 3.84. The van der Waals surface area contributed by atoms with E-state index in [-0.39, 0.29) is 39.1 Å². The van der Waals surface area contributed by atoms with Gasteiger partial charge in [-0.3, -0.25) is 14.5 Å². The smallest absolute Gasteiger partial charge is 0.280 e. The van der Waals surface area contributed by atoms with Gasteiger partial charge in [0.05, 0.1) is 45.7 Å². The number of nitrogens with one attached hydrogen (secondary N) is 2. The maximum atomic E-state index is 13.8. The lowest BCUT2D eigenvalue weighted by molar-refractivity contribution is -0.119. The molecule has 2 fully saturated rings. The van der Waals surface area contributed by atoms with Gasteiger partial charge in [0.25, 0.3) is 12.0 Å². The number of pyridine rings is 2. The molecule has 5 aromatic rings. The van der Waals surface area contributed by atoms with Gasteiger partial charge in [-0.15, -0.1) is 0 Å². The molecule has 5 heterocycles. The Bertz CT molecular complexity index is 2300. The Morgan fingerprint density at radius 3 is 2.53 bits per heavy atom. The first-order chi connectivity index (χ1) is 24.6. The van der Waals surface area contributed by atoms with E-state index in [0.717, 1.165) is 60.6 Å². The van der Waals surface area contributed by atoms with Crippen molar-refractivity contribution < 1.29 is 18.3 Å². The van der Waals surface area contributed by atoms with Crippen molar-refractivity contribution in [1.82, 2.24) is 30.0 Å². The molecule has 2 saturated heterocycles. The third-order valence-corrected chi connectivity index (χ3v) is 11.2. The van der Waals surface area contributed by atoms with Gasteiger partial charge in [-0.25, -0.2) is 23.4 Å². The summed E-state index contributed by atoms with van der Waals surface area (Å²) in [4.78, 5) is 36.6. The quantitative estimate of drug-likeness (QED) is 0.178. The van der Waals surface area contributed by atoms with E-state index < -0.39 is 17.7 Å². The fraction of sp³-hybridized carbons (Fsp3) is 0.324. The molecule has 3 aromatic heterocycles. The predicted molar refractivity (Wildman–Crippen MR) is 192 cm³/mol. The van der Waals surface area contributed by atoms with Crippen LogP contribution in [-0.4, -0.2) is 56.3 Å². The number of methoxy groups -OCH3 is 1. The summed E-state index contributed by atoms with van der Waals surface area (Å²) in [5, 5.41) is 11.2. The normalized spacial score (nSPS) is 20.1. The van der Waals surface area contributed by atoms with Crippen LogP contribution in [-0.2, 0) is 18.3 Å². The van der Waals surface area contributed by atoms with Gasteiger partial charge in [0, 0.05) is 60.2 Å². The molecule has 1 amide bonds. The van der Waals surface area contributed by atoms with Crippen LogP contribution in [0.25, 0.3) is 33.2 Å². The molecule has 262 valence electrons. The fourth-order valence-corrected chi connectivity index (χ4v) is 8.47. The number of aryl methyl sites for hydroxylation is 2. The van der Waals surface area contributed by atoms with Crippen LogP contribution in [0.4, 0.5) is 20.3 Å². The average molecular weight is 733 g/mol. The summed E-state index contributed by atoms with van der Waals surface area (Å²) >= 11 is 14.1. The second-order valence-electron chi connectivity index (χ2n) is 13.4. The number of hydrogen-bond acceptors (Lipinski definition) is 8. The molecule has 2 aliphatic heterocycles. The molecular formula is C37H33Cl2F2N7O3. The van der Waals surface area contributed by atoms with Crippen molar-refractivity contribution in [3.63, 3.8) is 0 Å². The number of likely N-dealkylation sites (tertiary alicyclic amines) is 1. The first kappa shape index (κ1) is 33.5. The van der Waals surface area contributed by atoms with Crippen molar-refractivity contribution >= 4 is 51.4 Å². The number of benzene rings is 2. The molecule has 0 radical (unpaired) electrons. The van der Waals surface area contributed by atoms with Gasteiger partial charge in [0.15, 0.2) is 0 Å². The van der Waals surface area contributed by atoms with Crippen molar-refractivity contribution in [1.29, 1.82) is 0 Å². The van der Waals surface area contributed by atoms with E-state index in [9.17, 15) is 18.4 Å². The van der Waals surface area contributed by atoms with Crippen LogP contribution in [0.5, 0.6) is 5.88 Å². The molecule has 3 aliphatic rings. The van der Waals surface area contributed by atoms with Crippen molar-refractivity contribution in [3.05, 3.63) is 91.9 Å². The van der Waals surface area contributed by atoms with Gasteiger partial charge in [0.2, 0.25) is 11.8 Å². The Morgan fingerprint density at radius 1 is 1.02 bits per heavy atom. The molecule has 14 heteroatoms. The summed E-state index contributed by atoms with van der Waals surface area (Å²) < 4.78 is 34.6. The summed E-state index contributed by atoms with van der Waals surface area (Å²) in [5.41, 5.74) is 3.99. The van der Waals surface area contributed by atoms with Crippen LogP contribution < -0.4 is 20.9 Å². The number of nitrogens with zero attached hydrogens (tertiary/aromatic N) is 5. The highest BCUT2D eigenvalue weighted by molar-refractivity contribution is 6.39. The maximum Gasteiger partial charge on any atom is 0.280 e. The molecule has 51 heavy (non-hydrogen) atoms. The Morgan fingerprint density at radius 2 is 1.78 bits per heavy atom. The van der Waals surface area contributed by atoms with Gasteiger partial charge >= 0.3 is 0 Å². The molecule has 2 aromatic carbocycles. The van der Waals surface area contributed by atoms with Crippen LogP contribution in [0.3, 0.4) is 0 Å². The number of ether oxygens (including phenoxy) is 1. The first-order valence-electron chi connectivity index (χ1n) is 16.7. The number of carbonyl (C=O) groups excluding carboxylic acids is 1. The van der Waals surface area contributed by atoms with E-state index >= 15 is 0 Å². The number of aromatic nitrogens is 4. The molecule has 1 aliphatic carbocycles. The summed E-state index contributed by atoms with van der Waals surface area (Å²) in [6.45, 7) is 1.71. The Balaban J connectivity index is 1.13. The highest BCUT2D eigenvalue weighted by Crippen LogP contribution is 2.47. The lowest BCUT2D eigenvalue weighted by Crippen LogP contribution is -2.44. The maximum absolute atomic E-state index is 13.8. The molecule has 0 bridgehead atoms. The minimum Gasteiger partial charge on any atom is -0.481 e. The van der Waals surface area contributed by atoms with Crippen molar-refractivity contribution in [2.24, 2.45) is 7.05 Å². The van der Waals surface area contributed by atoms with E-state index in [0.29, 0.717) is 45.4 Å². The van der Waals surface area contributed by atoms with Crippen LogP contribution in [0.2, 0.25) is 10.0 Å². The van der Waals surface area contributed by atoms with E-state index in [4.69, 9.17) is 32.9 Å². The van der Waals surface area contributed by atoms with Crippen LogP contribution >= 0.6 is 23.2 Å². The van der Waals surface area contributed by atoms with E-state index in [2.05, 4.69) is 31.7 Å². The molecule has 2 unspecified atom stereocenters. The molecule has 2 N–H and O–H groups in total. The van der Waals surface area contributed by atoms with E-state index in [1.807, 2.05) is 18.2 Å². The van der Waals surface area contributed by atoms with Gasteiger partial charge in [0.1, 0.15) is 11.5 Å².